The number of rotatable bonds is 6. The summed E-state index contributed by atoms with van der Waals surface area (Å²) in [6, 6.07) is 0.203. The number of hydrogen-bond donors (Lipinski definition) is 1. The Morgan fingerprint density at radius 1 is 1.11 bits per heavy atom. The molecule has 1 aromatic heterocycles. The van der Waals surface area contributed by atoms with Crippen molar-refractivity contribution in [1.82, 2.24) is 9.88 Å². The number of carbonyl (C=O) groups is 3. The van der Waals surface area contributed by atoms with E-state index in [1.807, 2.05) is 4.90 Å². The van der Waals surface area contributed by atoms with E-state index in [9.17, 15) is 14.4 Å². The number of nitrogens with one attached hydrogen (secondary N) is 1. The molecular weight excluding hydrogens is 360 g/mol. The highest BCUT2D eigenvalue weighted by Crippen LogP contribution is 2.23. The first-order valence-corrected chi connectivity index (χ1v) is 10.1. The lowest BCUT2D eigenvalue weighted by molar-refractivity contribution is -0.143. The smallest absolute Gasteiger partial charge is 0.355 e. The lowest BCUT2D eigenvalue weighted by atomic mass is 9.99. The van der Waals surface area contributed by atoms with E-state index in [0.717, 1.165) is 25.7 Å². The van der Waals surface area contributed by atoms with E-state index >= 15 is 0 Å². The molecule has 28 heavy (non-hydrogen) atoms. The van der Waals surface area contributed by atoms with Gasteiger partial charge in [-0.2, -0.15) is 0 Å². The molecule has 1 saturated heterocycles. The molecule has 7 nitrogen and oxygen atoms in total. The average Bonchev–Trinajstić information content (AvgIpc) is 2.94. The highest BCUT2D eigenvalue weighted by Gasteiger charge is 2.32. The lowest BCUT2D eigenvalue weighted by Crippen LogP contribution is -2.48. The Balaban J connectivity index is 2.12. The van der Waals surface area contributed by atoms with Crippen LogP contribution >= 0.6 is 0 Å². The van der Waals surface area contributed by atoms with Crippen molar-refractivity contribution in [3.8, 4) is 0 Å². The summed E-state index contributed by atoms with van der Waals surface area (Å²) in [6.45, 7) is 11.3. The molecule has 7 heteroatoms. The molecule has 1 N–H and O–H groups in total. The van der Waals surface area contributed by atoms with Crippen LogP contribution in [0.25, 0.3) is 0 Å². The van der Waals surface area contributed by atoms with Crippen molar-refractivity contribution in [2.24, 2.45) is 0 Å². The predicted octanol–water partition coefficient (Wildman–Crippen LogP) is 3.53. The SMILES string of the molecule is CCC1CCCCN1C(=O)C(C)OC(=O)c1[nH]c(C)c(C(=O)OC(C)C)c1C. The number of aromatic nitrogens is 1. The fraction of sp³-hybridized carbons (Fsp3) is 0.667. The number of amides is 1. The van der Waals surface area contributed by atoms with Gasteiger partial charge in [0.05, 0.1) is 11.7 Å². The van der Waals surface area contributed by atoms with Gasteiger partial charge in [-0.05, 0) is 65.9 Å². The van der Waals surface area contributed by atoms with Crippen LogP contribution in [0.15, 0.2) is 0 Å². The number of nitrogens with zero attached hydrogens (tertiary/aromatic N) is 1. The van der Waals surface area contributed by atoms with Crippen LogP contribution in [0.5, 0.6) is 0 Å². The number of H-pyrrole nitrogens is 1. The van der Waals surface area contributed by atoms with Crippen molar-refractivity contribution in [2.45, 2.75) is 85.5 Å². The molecule has 0 spiro atoms. The molecule has 2 unspecified atom stereocenters. The molecule has 0 aromatic carbocycles. The number of carbonyl (C=O) groups excluding carboxylic acids is 3. The number of esters is 2. The summed E-state index contributed by atoms with van der Waals surface area (Å²) in [7, 11) is 0. The van der Waals surface area contributed by atoms with Crippen LogP contribution < -0.4 is 0 Å². The summed E-state index contributed by atoms with van der Waals surface area (Å²) < 4.78 is 10.7. The van der Waals surface area contributed by atoms with E-state index in [-0.39, 0.29) is 23.7 Å². The standard InChI is InChI=1S/C21H32N2O5/c1-7-16-10-8-9-11-23(16)19(24)15(6)28-21(26)18-13(4)17(14(5)22-18)20(25)27-12(2)3/h12,15-16,22H,7-11H2,1-6H3. The van der Waals surface area contributed by atoms with Crippen LogP contribution in [0.1, 0.15) is 85.5 Å². The van der Waals surface area contributed by atoms with Crippen molar-refractivity contribution in [3.05, 3.63) is 22.5 Å². The first-order valence-electron chi connectivity index (χ1n) is 10.1. The third-order valence-electron chi connectivity index (χ3n) is 5.20. The van der Waals surface area contributed by atoms with Gasteiger partial charge in [-0.15, -0.1) is 0 Å². The van der Waals surface area contributed by atoms with Crippen molar-refractivity contribution >= 4 is 17.8 Å². The van der Waals surface area contributed by atoms with E-state index in [1.165, 1.54) is 0 Å². The second-order valence-electron chi connectivity index (χ2n) is 7.72. The average molecular weight is 392 g/mol. The Morgan fingerprint density at radius 3 is 2.39 bits per heavy atom. The monoisotopic (exact) mass is 392 g/mol. The van der Waals surface area contributed by atoms with Gasteiger partial charge in [0.25, 0.3) is 5.91 Å². The third-order valence-corrected chi connectivity index (χ3v) is 5.20. The van der Waals surface area contributed by atoms with E-state index in [0.29, 0.717) is 23.4 Å². The highest BCUT2D eigenvalue weighted by molar-refractivity contribution is 5.99. The maximum absolute atomic E-state index is 12.8. The minimum absolute atomic E-state index is 0.166. The van der Waals surface area contributed by atoms with Gasteiger partial charge in [0.15, 0.2) is 6.10 Å². The van der Waals surface area contributed by atoms with Crippen molar-refractivity contribution in [2.75, 3.05) is 6.54 Å². The van der Waals surface area contributed by atoms with Gasteiger partial charge in [-0.3, -0.25) is 4.79 Å². The van der Waals surface area contributed by atoms with Crippen LogP contribution in [0.2, 0.25) is 0 Å². The van der Waals surface area contributed by atoms with Crippen LogP contribution in [-0.4, -0.2) is 52.5 Å². The van der Waals surface area contributed by atoms with Crippen LogP contribution in [0.3, 0.4) is 0 Å². The molecule has 1 aliphatic heterocycles. The maximum Gasteiger partial charge on any atom is 0.355 e. The van der Waals surface area contributed by atoms with Gasteiger partial charge in [-0.25, -0.2) is 9.59 Å². The molecule has 0 aliphatic carbocycles. The minimum Gasteiger partial charge on any atom is -0.459 e. The fourth-order valence-electron chi connectivity index (χ4n) is 3.75. The number of aromatic amines is 1. The summed E-state index contributed by atoms with van der Waals surface area (Å²) in [5.74, 6) is -1.29. The molecule has 1 fully saturated rings. The zero-order chi connectivity index (χ0) is 21.0. The zero-order valence-corrected chi connectivity index (χ0v) is 17.8. The second kappa shape index (κ2) is 9.26. The molecule has 0 saturated carbocycles. The minimum atomic E-state index is -0.881. The van der Waals surface area contributed by atoms with Gasteiger partial charge in [0.1, 0.15) is 5.69 Å². The molecule has 156 valence electrons. The van der Waals surface area contributed by atoms with E-state index < -0.39 is 18.0 Å². The highest BCUT2D eigenvalue weighted by atomic mass is 16.6. The lowest BCUT2D eigenvalue weighted by Gasteiger charge is -2.36. The van der Waals surface area contributed by atoms with Crippen molar-refractivity contribution in [1.29, 1.82) is 0 Å². The number of ether oxygens (including phenoxy) is 2. The molecular formula is C21H32N2O5. The van der Waals surface area contributed by atoms with E-state index in [4.69, 9.17) is 9.47 Å². The Kier molecular flexibility index (Phi) is 7.27. The molecule has 0 radical (unpaired) electrons. The van der Waals surface area contributed by atoms with Crippen molar-refractivity contribution < 1.29 is 23.9 Å². The van der Waals surface area contributed by atoms with Gasteiger partial charge < -0.3 is 19.4 Å². The molecule has 0 bridgehead atoms. The second-order valence-corrected chi connectivity index (χ2v) is 7.72. The number of aryl methyl sites for hydroxylation is 1. The van der Waals surface area contributed by atoms with Crippen LogP contribution in [0.4, 0.5) is 0 Å². The quantitative estimate of drug-likeness (QED) is 0.748. The molecule has 2 rings (SSSR count). The number of hydrogen-bond acceptors (Lipinski definition) is 5. The number of likely N-dealkylation sites (tertiary alicyclic amines) is 1. The summed E-state index contributed by atoms with van der Waals surface area (Å²) >= 11 is 0. The summed E-state index contributed by atoms with van der Waals surface area (Å²) in [5, 5.41) is 0. The fourth-order valence-corrected chi connectivity index (χ4v) is 3.75. The van der Waals surface area contributed by atoms with E-state index in [1.54, 1.807) is 34.6 Å². The van der Waals surface area contributed by atoms with E-state index in [2.05, 4.69) is 11.9 Å². The molecule has 2 heterocycles. The Morgan fingerprint density at radius 2 is 1.79 bits per heavy atom. The van der Waals surface area contributed by atoms with Crippen LogP contribution in [0, 0.1) is 13.8 Å². The van der Waals surface area contributed by atoms with Gasteiger partial charge in [0, 0.05) is 18.3 Å². The first-order chi connectivity index (χ1) is 13.2. The predicted molar refractivity (Wildman–Crippen MR) is 105 cm³/mol. The topological polar surface area (TPSA) is 88.7 Å². The van der Waals surface area contributed by atoms with Gasteiger partial charge in [0.2, 0.25) is 0 Å². The first kappa shape index (κ1) is 22.0. The zero-order valence-electron chi connectivity index (χ0n) is 17.8. The third kappa shape index (κ3) is 4.75. The van der Waals surface area contributed by atoms with Crippen molar-refractivity contribution in [3.63, 3.8) is 0 Å². The maximum atomic E-state index is 12.8. The summed E-state index contributed by atoms with van der Waals surface area (Å²) in [5.41, 5.74) is 1.52. The Hall–Kier alpha value is -2.31. The van der Waals surface area contributed by atoms with Crippen LogP contribution in [-0.2, 0) is 14.3 Å². The van der Waals surface area contributed by atoms with Gasteiger partial charge in [-0.1, -0.05) is 6.92 Å². The Labute approximate surface area is 166 Å². The van der Waals surface area contributed by atoms with Gasteiger partial charge >= 0.3 is 11.9 Å². The molecule has 2 atom stereocenters. The summed E-state index contributed by atoms with van der Waals surface area (Å²) in [4.78, 5) is 42.5. The largest absolute Gasteiger partial charge is 0.459 e. The molecule has 1 amide bonds. The number of piperidine rings is 1. The Bertz CT molecular complexity index is 737. The normalized spacial score (nSPS) is 18.1. The molecule has 1 aromatic rings. The molecule has 1 aliphatic rings. The summed E-state index contributed by atoms with van der Waals surface area (Å²) in [6.07, 6.45) is 2.83.